The van der Waals surface area contributed by atoms with Crippen LogP contribution in [0, 0.1) is 18.3 Å². The largest absolute Gasteiger partial charge is 0.480 e. The predicted octanol–water partition coefficient (Wildman–Crippen LogP) is 3.68. The van der Waals surface area contributed by atoms with Gasteiger partial charge in [0.05, 0.1) is 25.1 Å². The molecular weight excluding hydrogens is 432 g/mol. The molecule has 5 heterocycles. The molecule has 180 valence electrons. The first kappa shape index (κ1) is 22.8. The number of hydrogen-bond acceptors (Lipinski definition) is 6. The summed E-state index contributed by atoms with van der Waals surface area (Å²) in [6, 6.07) is 14.2. The molecule has 4 aliphatic rings. The maximum absolute atomic E-state index is 10.7. The van der Waals surface area contributed by atoms with Gasteiger partial charge in [-0.2, -0.15) is 0 Å². The van der Waals surface area contributed by atoms with Gasteiger partial charge in [0.1, 0.15) is 12.2 Å². The van der Waals surface area contributed by atoms with Crippen LogP contribution in [-0.4, -0.2) is 58.6 Å². The van der Waals surface area contributed by atoms with Gasteiger partial charge in [0.25, 0.3) is 0 Å². The minimum atomic E-state index is -0.943. The second kappa shape index (κ2) is 9.00. The number of carbonyl (C=O) groups is 1. The summed E-state index contributed by atoms with van der Waals surface area (Å²) < 4.78 is 13.3. The van der Waals surface area contributed by atoms with E-state index in [-0.39, 0.29) is 12.0 Å². The van der Waals surface area contributed by atoms with Gasteiger partial charge in [0, 0.05) is 18.5 Å². The number of aryl methyl sites for hydroxylation is 1. The van der Waals surface area contributed by atoms with Gasteiger partial charge < -0.3 is 19.5 Å². The molecule has 8 nitrogen and oxygen atoms in total. The van der Waals surface area contributed by atoms with Gasteiger partial charge in [-0.15, -0.1) is 5.10 Å². The van der Waals surface area contributed by atoms with Crippen LogP contribution in [-0.2, 0) is 19.9 Å². The van der Waals surface area contributed by atoms with Gasteiger partial charge >= 0.3 is 5.97 Å². The number of anilines is 1. The molecule has 0 amide bonds. The molecule has 0 radical (unpaired) electrons. The third-order valence-electron chi connectivity index (χ3n) is 7.08. The van der Waals surface area contributed by atoms with Gasteiger partial charge in [-0.25, -0.2) is 14.3 Å². The molecule has 1 aromatic carbocycles. The number of fused-ring (bicyclic) bond motifs is 2. The van der Waals surface area contributed by atoms with Crippen LogP contribution in [0.2, 0.25) is 0 Å². The summed E-state index contributed by atoms with van der Waals surface area (Å²) in [4.78, 5) is 17.9. The predicted molar refractivity (Wildman–Crippen MR) is 128 cm³/mol. The van der Waals surface area contributed by atoms with Gasteiger partial charge in [-0.1, -0.05) is 43.3 Å². The Morgan fingerprint density at radius 1 is 1.24 bits per heavy atom. The van der Waals surface area contributed by atoms with E-state index in [4.69, 9.17) is 24.7 Å². The zero-order chi connectivity index (χ0) is 23.8. The maximum Gasteiger partial charge on any atom is 0.329 e. The number of hydrogen-bond donors (Lipinski definition) is 1. The Labute approximate surface area is 199 Å². The quantitative estimate of drug-likeness (QED) is 0.595. The SMILES string of the molecule is Cc1cc(N2CCC(C)C2)cn2nc(C34CC(COCC(=O)O)(CO3)C4)nc12.c1ccccc1. The number of carboxylic acid groups (broad SMARTS) is 1. The molecule has 2 bridgehead atoms. The number of nitrogens with zero attached hydrogens (tertiary/aromatic N) is 4. The highest BCUT2D eigenvalue weighted by Crippen LogP contribution is 2.62. The summed E-state index contributed by atoms with van der Waals surface area (Å²) in [5.74, 6) is 0.509. The molecule has 1 aliphatic carbocycles. The van der Waals surface area contributed by atoms with Crippen LogP contribution in [0.25, 0.3) is 5.65 Å². The van der Waals surface area contributed by atoms with E-state index in [0.29, 0.717) is 13.2 Å². The lowest BCUT2D eigenvalue weighted by Gasteiger charge is -2.42. The fraction of sp³-hybridized carbons (Fsp3) is 0.500. The number of aromatic nitrogens is 3. The molecule has 2 aromatic heterocycles. The van der Waals surface area contributed by atoms with Crippen molar-refractivity contribution in [2.24, 2.45) is 11.3 Å². The van der Waals surface area contributed by atoms with E-state index < -0.39 is 11.6 Å². The first-order valence-electron chi connectivity index (χ1n) is 11.9. The lowest BCUT2D eigenvalue weighted by atomic mass is 9.62. The Morgan fingerprint density at radius 2 is 1.94 bits per heavy atom. The summed E-state index contributed by atoms with van der Waals surface area (Å²) >= 11 is 0. The van der Waals surface area contributed by atoms with Crippen molar-refractivity contribution in [3.63, 3.8) is 0 Å². The molecule has 34 heavy (non-hydrogen) atoms. The molecule has 0 spiro atoms. The first-order chi connectivity index (χ1) is 16.4. The molecule has 1 saturated carbocycles. The average molecular weight is 465 g/mol. The van der Waals surface area contributed by atoms with Crippen molar-refractivity contribution in [1.82, 2.24) is 14.6 Å². The molecule has 3 saturated heterocycles. The third kappa shape index (κ3) is 4.40. The monoisotopic (exact) mass is 464 g/mol. The Balaban J connectivity index is 0.000000351. The molecule has 3 aliphatic heterocycles. The van der Waals surface area contributed by atoms with Crippen molar-refractivity contribution in [3.8, 4) is 0 Å². The topological polar surface area (TPSA) is 89.2 Å². The molecular formula is C26H32N4O4. The zero-order valence-corrected chi connectivity index (χ0v) is 19.8. The van der Waals surface area contributed by atoms with Crippen LogP contribution in [0.1, 0.15) is 37.6 Å². The second-order valence-corrected chi connectivity index (χ2v) is 10.1. The number of ether oxygens (including phenoxy) is 2. The first-order valence-corrected chi connectivity index (χ1v) is 11.9. The van der Waals surface area contributed by atoms with Crippen molar-refractivity contribution < 1.29 is 19.4 Å². The van der Waals surface area contributed by atoms with Crippen LogP contribution in [0.15, 0.2) is 48.7 Å². The highest BCUT2D eigenvalue weighted by Gasteiger charge is 2.65. The van der Waals surface area contributed by atoms with E-state index in [1.165, 1.54) is 12.1 Å². The van der Waals surface area contributed by atoms with Crippen LogP contribution in [0.5, 0.6) is 0 Å². The summed E-state index contributed by atoms with van der Waals surface area (Å²) in [7, 11) is 0. The second-order valence-electron chi connectivity index (χ2n) is 10.1. The smallest absolute Gasteiger partial charge is 0.329 e. The van der Waals surface area contributed by atoms with Gasteiger partial charge in [0.2, 0.25) is 0 Å². The fourth-order valence-corrected chi connectivity index (χ4v) is 5.43. The number of aliphatic carboxylic acids is 1. The Bertz CT molecular complexity index is 1130. The highest BCUT2D eigenvalue weighted by molar-refractivity contribution is 5.68. The van der Waals surface area contributed by atoms with Crippen molar-refractivity contribution in [2.45, 2.75) is 38.7 Å². The summed E-state index contributed by atoms with van der Waals surface area (Å²) in [5, 5.41) is 13.5. The zero-order valence-electron chi connectivity index (χ0n) is 19.8. The molecule has 8 heteroatoms. The van der Waals surface area contributed by atoms with E-state index >= 15 is 0 Å². The minimum Gasteiger partial charge on any atom is -0.480 e. The minimum absolute atomic E-state index is 0.0984. The summed E-state index contributed by atoms with van der Waals surface area (Å²) in [6.45, 7) is 7.24. The molecule has 4 fully saturated rings. The van der Waals surface area contributed by atoms with Crippen LogP contribution in [0.3, 0.4) is 0 Å². The number of rotatable bonds is 6. The Kier molecular flexibility index (Phi) is 6.04. The summed E-state index contributed by atoms with van der Waals surface area (Å²) in [5.41, 5.74) is 2.63. The molecule has 1 unspecified atom stereocenters. The van der Waals surface area contributed by atoms with E-state index in [1.807, 2.05) is 40.9 Å². The molecule has 1 N–H and O–H groups in total. The highest BCUT2D eigenvalue weighted by atomic mass is 16.5. The van der Waals surface area contributed by atoms with Gasteiger partial charge in [0.15, 0.2) is 11.5 Å². The van der Waals surface area contributed by atoms with E-state index in [0.717, 1.165) is 48.9 Å². The lowest BCUT2D eigenvalue weighted by molar-refractivity contribution is -0.144. The summed E-state index contributed by atoms with van der Waals surface area (Å²) in [6.07, 6.45) is 4.87. The lowest BCUT2D eigenvalue weighted by Crippen LogP contribution is -2.45. The maximum atomic E-state index is 10.7. The molecule has 7 rings (SSSR count). The van der Waals surface area contributed by atoms with E-state index in [9.17, 15) is 4.79 Å². The standard InChI is InChI=1S/C20H26N4O4.C6H6/c1-13-3-4-23(6-13)15-5-14(2)17-21-18(22-24(17)7-15)20-9-19(10-20,12-28-20)11-27-8-16(25)26;1-2-4-6-5-3-1/h5,7,13H,3-4,6,8-12H2,1-2H3,(H,25,26);1-6H. The van der Waals surface area contributed by atoms with Crippen LogP contribution in [0.4, 0.5) is 5.69 Å². The van der Waals surface area contributed by atoms with Gasteiger partial charge in [-0.05, 0) is 43.7 Å². The van der Waals surface area contributed by atoms with Crippen LogP contribution >= 0.6 is 0 Å². The van der Waals surface area contributed by atoms with Gasteiger partial charge in [-0.3, -0.25) is 0 Å². The normalized spacial score (nSPS) is 27.4. The Morgan fingerprint density at radius 3 is 2.56 bits per heavy atom. The average Bonchev–Trinajstić information content (AvgIpc) is 3.57. The van der Waals surface area contributed by atoms with Crippen molar-refractivity contribution in [3.05, 3.63) is 60.0 Å². The van der Waals surface area contributed by atoms with E-state index in [1.54, 1.807) is 0 Å². The number of carboxylic acids is 1. The van der Waals surface area contributed by atoms with Crippen molar-refractivity contribution in [1.29, 1.82) is 0 Å². The molecule has 1 atom stereocenters. The number of benzene rings is 1. The Hall–Kier alpha value is -2.97. The molecule has 3 aromatic rings. The van der Waals surface area contributed by atoms with Crippen molar-refractivity contribution >= 4 is 17.3 Å². The van der Waals surface area contributed by atoms with Crippen LogP contribution < -0.4 is 4.90 Å². The van der Waals surface area contributed by atoms with E-state index in [2.05, 4.69) is 31.0 Å². The fourth-order valence-electron chi connectivity index (χ4n) is 5.43. The van der Waals surface area contributed by atoms with Crippen molar-refractivity contribution in [2.75, 3.05) is 37.8 Å². The third-order valence-corrected chi connectivity index (χ3v) is 7.08. The number of pyridine rings is 1.